The molecule has 0 saturated carbocycles. The Morgan fingerprint density at radius 3 is 2.67 bits per heavy atom. The predicted molar refractivity (Wildman–Crippen MR) is 175 cm³/mol. The lowest BCUT2D eigenvalue weighted by molar-refractivity contribution is 0.101. The molecule has 3 aromatic carbocycles. The Balaban J connectivity index is 1.19. The Labute approximate surface area is 266 Å². The second-order valence-electron chi connectivity index (χ2n) is 11.9. The zero-order valence-corrected chi connectivity index (χ0v) is 26.2. The number of nitrogens with zero attached hydrogens (tertiary/aromatic N) is 5. The summed E-state index contributed by atoms with van der Waals surface area (Å²) in [5.74, 6) is 0.496. The van der Waals surface area contributed by atoms with Crippen molar-refractivity contribution in [3.8, 4) is 28.7 Å². The fourth-order valence-corrected chi connectivity index (χ4v) is 6.86. The Morgan fingerprint density at radius 1 is 1.09 bits per heavy atom. The third-order valence-corrected chi connectivity index (χ3v) is 9.36. The predicted octanol–water partition coefficient (Wildman–Crippen LogP) is 6.61. The van der Waals surface area contributed by atoms with Crippen LogP contribution in [0, 0.1) is 18.3 Å². The second kappa shape index (κ2) is 12.1. The average Bonchev–Trinajstić information content (AvgIpc) is 3.63. The van der Waals surface area contributed by atoms with Crippen LogP contribution >= 0.6 is 11.6 Å². The Bertz CT molecular complexity index is 1980. The van der Waals surface area contributed by atoms with Gasteiger partial charge in [0.1, 0.15) is 11.6 Å². The molecule has 1 saturated heterocycles. The minimum absolute atomic E-state index is 0.309. The van der Waals surface area contributed by atoms with Crippen LogP contribution in [0.2, 0.25) is 5.02 Å². The maximum Gasteiger partial charge on any atom is 0.291 e. The van der Waals surface area contributed by atoms with Crippen molar-refractivity contribution in [2.45, 2.75) is 45.7 Å². The van der Waals surface area contributed by atoms with Crippen LogP contribution in [0.5, 0.6) is 0 Å². The van der Waals surface area contributed by atoms with Gasteiger partial charge in [-0.25, -0.2) is 9.97 Å². The Morgan fingerprint density at radius 2 is 1.87 bits per heavy atom. The summed E-state index contributed by atoms with van der Waals surface area (Å²) in [6, 6.07) is 17.8. The zero-order valence-electron chi connectivity index (χ0n) is 25.4. The van der Waals surface area contributed by atoms with Gasteiger partial charge in [-0.2, -0.15) is 5.26 Å². The van der Waals surface area contributed by atoms with E-state index in [4.69, 9.17) is 21.0 Å². The van der Waals surface area contributed by atoms with E-state index in [1.165, 1.54) is 19.3 Å². The number of benzene rings is 3. The van der Waals surface area contributed by atoms with Gasteiger partial charge in [0.05, 0.1) is 22.0 Å². The van der Waals surface area contributed by atoms with E-state index in [9.17, 15) is 10.1 Å². The summed E-state index contributed by atoms with van der Waals surface area (Å²) in [4.78, 5) is 25.2. The van der Waals surface area contributed by atoms with Crippen LogP contribution in [0.3, 0.4) is 0 Å². The third-order valence-electron chi connectivity index (χ3n) is 8.96. The van der Waals surface area contributed by atoms with Gasteiger partial charge in [0.2, 0.25) is 5.89 Å². The quantitative estimate of drug-likeness (QED) is 0.220. The van der Waals surface area contributed by atoms with Crippen molar-refractivity contribution in [1.29, 1.82) is 5.26 Å². The van der Waals surface area contributed by atoms with Crippen LogP contribution in [0.25, 0.3) is 33.7 Å². The molecule has 2 aromatic heterocycles. The highest BCUT2D eigenvalue weighted by Gasteiger charge is 2.24. The molecule has 4 heterocycles. The molecule has 1 fully saturated rings. The van der Waals surface area contributed by atoms with Crippen LogP contribution < -0.4 is 10.6 Å². The van der Waals surface area contributed by atoms with E-state index in [0.717, 1.165) is 71.8 Å². The normalized spacial score (nSPS) is 15.2. The van der Waals surface area contributed by atoms with Crippen molar-refractivity contribution in [2.24, 2.45) is 7.05 Å². The first-order chi connectivity index (χ1) is 21.9. The molecule has 2 aliphatic rings. The topological polar surface area (TPSA) is 112 Å². The summed E-state index contributed by atoms with van der Waals surface area (Å²) in [6.07, 6.45) is 4.52. The Kier molecular flexibility index (Phi) is 7.88. The summed E-state index contributed by atoms with van der Waals surface area (Å²) in [5, 5.41) is 16.6. The van der Waals surface area contributed by atoms with Crippen LogP contribution in [-0.2, 0) is 26.6 Å². The van der Waals surface area contributed by atoms with Gasteiger partial charge < -0.3 is 19.6 Å². The van der Waals surface area contributed by atoms with E-state index in [2.05, 4.69) is 26.6 Å². The number of carbonyl (C=O) groups is 1. The van der Waals surface area contributed by atoms with E-state index in [1.54, 1.807) is 6.07 Å². The number of amides is 1. The average molecular weight is 620 g/mol. The van der Waals surface area contributed by atoms with Gasteiger partial charge in [-0.1, -0.05) is 42.3 Å². The lowest BCUT2D eigenvalue weighted by atomic mass is 9.96. The molecular weight excluding hydrogens is 586 g/mol. The van der Waals surface area contributed by atoms with Crippen molar-refractivity contribution in [3.05, 3.63) is 87.5 Å². The maximum atomic E-state index is 13.3. The van der Waals surface area contributed by atoms with Gasteiger partial charge in [-0.05, 0) is 73.8 Å². The molecule has 0 spiro atoms. The number of piperidine rings is 1. The zero-order chi connectivity index (χ0) is 31.1. The van der Waals surface area contributed by atoms with E-state index >= 15 is 0 Å². The largest absolute Gasteiger partial charge is 0.435 e. The first-order valence-electron chi connectivity index (χ1n) is 15.4. The number of oxazole rings is 1. The van der Waals surface area contributed by atoms with Crippen molar-refractivity contribution in [3.63, 3.8) is 0 Å². The summed E-state index contributed by atoms with van der Waals surface area (Å²) < 4.78 is 8.11. The molecule has 0 atom stereocenters. The van der Waals surface area contributed by atoms with Crippen molar-refractivity contribution >= 4 is 34.3 Å². The molecule has 45 heavy (non-hydrogen) atoms. The lowest BCUT2D eigenvalue weighted by Crippen LogP contribution is -2.29. The van der Waals surface area contributed by atoms with Crippen LogP contribution in [0.1, 0.15) is 58.0 Å². The fourth-order valence-electron chi connectivity index (χ4n) is 6.59. The molecule has 1 amide bonds. The first kappa shape index (κ1) is 29.2. The Hall–Kier alpha value is -4.49. The molecule has 2 N–H and O–H groups in total. The van der Waals surface area contributed by atoms with Crippen molar-refractivity contribution in [2.75, 3.05) is 25.0 Å². The lowest BCUT2D eigenvalue weighted by Gasteiger charge is -2.26. The monoisotopic (exact) mass is 619 g/mol. The molecule has 2 aliphatic heterocycles. The SMILES string of the molecule is Cc1c(-c2nc3cc(CN4CCCCC4)cc(C#N)c3o2)cccc1-c1cccc(NC(=O)c2nc3c(n2C)CCNC3)c1Cl. The summed E-state index contributed by atoms with van der Waals surface area (Å²) in [5.41, 5.74) is 8.60. The number of hydrogen-bond acceptors (Lipinski definition) is 7. The molecule has 0 bridgehead atoms. The number of aromatic nitrogens is 3. The van der Waals surface area contributed by atoms with E-state index in [0.29, 0.717) is 45.6 Å². The second-order valence-corrected chi connectivity index (χ2v) is 12.3. The number of carbonyl (C=O) groups excluding carboxylic acids is 1. The molecule has 228 valence electrons. The molecule has 7 rings (SSSR count). The summed E-state index contributed by atoms with van der Waals surface area (Å²) in [6.45, 7) is 6.47. The molecule has 10 heteroatoms. The third kappa shape index (κ3) is 5.50. The molecule has 0 unspecified atom stereocenters. The molecule has 5 aromatic rings. The number of nitriles is 1. The number of fused-ring (bicyclic) bond motifs is 2. The highest BCUT2D eigenvalue weighted by molar-refractivity contribution is 6.36. The number of imidazole rings is 1. The van der Waals surface area contributed by atoms with Crippen LogP contribution in [0.4, 0.5) is 5.69 Å². The van der Waals surface area contributed by atoms with Gasteiger partial charge in [0.15, 0.2) is 11.4 Å². The number of halogens is 1. The molecule has 0 aliphatic carbocycles. The van der Waals surface area contributed by atoms with Gasteiger partial charge >= 0.3 is 0 Å². The number of likely N-dealkylation sites (tertiary alicyclic amines) is 1. The summed E-state index contributed by atoms with van der Waals surface area (Å²) >= 11 is 6.96. The van der Waals surface area contributed by atoms with Gasteiger partial charge in [0.25, 0.3) is 5.91 Å². The number of anilines is 1. The summed E-state index contributed by atoms with van der Waals surface area (Å²) in [7, 11) is 1.88. The maximum absolute atomic E-state index is 13.3. The van der Waals surface area contributed by atoms with Gasteiger partial charge in [-0.3, -0.25) is 9.69 Å². The van der Waals surface area contributed by atoms with E-state index in [-0.39, 0.29) is 5.91 Å². The van der Waals surface area contributed by atoms with E-state index in [1.807, 2.05) is 61.0 Å². The highest BCUT2D eigenvalue weighted by atomic mass is 35.5. The van der Waals surface area contributed by atoms with Crippen molar-refractivity contribution in [1.82, 2.24) is 24.8 Å². The smallest absolute Gasteiger partial charge is 0.291 e. The minimum atomic E-state index is -0.309. The van der Waals surface area contributed by atoms with Gasteiger partial charge in [-0.15, -0.1) is 0 Å². The standard InChI is InChI=1S/C35H34ClN7O2/c1-21-24(26-10-7-11-27(31(26)36)40-34(44)33-39-29-19-38-13-12-30(29)42(33)2)8-6-9-25(21)35-41-28-17-22(16-23(18-37)32(28)45-35)20-43-14-4-3-5-15-43/h6-11,16-17,38H,3-5,12-15,19-20H2,1-2H3,(H,40,44). The minimum Gasteiger partial charge on any atom is -0.435 e. The highest BCUT2D eigenvalue weighted by Crippen LogP contribution is 2.39. The number of nitrogens with one attached hydrogen (secondary N) is 2. The van der Waals surface area contributed by atoms with Crippen LogP contribution in [-0.4, -0.2) is 45.0 Å². The number of hydrogen-bond donors (Lipinski definition) is 2. The fraction of sp³-hybridized carbons (Fsp3) is 0.314. The molecule has 9 nitrogen and oxygen atoms in total. The molecule has 0 radical (unpaired) electrons. The van der Waals surface area contributed by atoms with Gasteiger partial charge in [0, 0.05) is 49.9 Å². The van der Waals surface area contributed by atoms with E-state index < -0.39 is 0 Å². The molecular formula is C35H34ClN7O2. The van der Waals surface area contributed by atoms with Crippen LogP contribution in [0.15, 0.2) is 52.9 Å². The first-order valence-corrected chi connectivity index (χ1v) is 15.8. The number of rotatable bonds is 6. The van der Waals surface area contributed by atoms with Crippen molar-refractivity contribution < 1.29 is 9.21 Å².